The van der Waals surface area contributed by atoms with Gasteiger partial charge < -0.3 is 10.4 Å². The normalized spacial score (nSPS) is 13.2. The zero-order valence-electron chi connectivity index (χ0n) is 13.9. The number of nitrogens with zero attached hydrogens (tertiary/aromatic N) is 1. The third kappa shape index (κ3) is 5.16. The Morgan fingerprint density at radius 2 is 2.00 bits per heavy atom. The summed E-state index contributed by atoms with van der Waals surface area (Å²) in [6.07, 6.45) is 1.53. The first kappa shape index (κ1) is 18.1. The molecule has 0 saturated heterocycles. The largest absolute Gasteiger partial charge is 0.480 e. The van der Waals surface area contributed by atoms with Crippen molar-refractivity contribution in [2.75, 3.05) is 0 Å². The van der Waals surface area contributed by atoms with Crippen molar-refractivity contribution in [3.8, 4) is 0 Å². The summed E-state index contributed by atoms with van der Waals surface area (Å²) in [4.78, 5) is 27.8. The van der Waals surface area contributed by atoms with E-state index in [0.717, 1.165) is 11.4 Å². The van der Waals surface area contributed by atoms with Crippen molar-refractivity contribution in [1.82, 2.24) is 10.3 Å². The van der Waals surface area contributed by atoms with Gasteiger partial charge in [0.15, 0.2) is 0 Å². The molecule has 128 valence electrons. The Labute approximate surface area is 145 Å². The summed E-state index contributed by atoms with van der Waals surface area (Å²) < 4.78 is 0. The van der Waals surface area contributed by atoms with Crippen LogP contribution in [0.4, 0.5) is 0 Å². The van der Waals surface area contributed by atoms with Gasteiger partial charge in [-0.2, -0.15) is 0 Å². The number of thiazole rings is 1. The van der Waals surface area contributed by atoms with Crippen molar-refractivity contribution in [2.45, 2.75) is 39.2 Å². The summed E-state index contributed by atoms with van der Waals surface area (Å²) >= 11 is 1.51. The number of benzene rings is 1. The van der Waals surface area contributed by atoms with Gasteiger partial charge >= 0.3 is 5.97 Å². The van der Waals surface area contributed by atoms with E-state index in [2.05, 4.69) is 10.3 Å². The number of amides is 1. The molecule has 2 N–H and O–H groups in total. The fourth-order valence-electron chi connectivity index (χ4n) is 2.35. The summed E-state index contributed by atoms with van der Waals surface area (Å²) in [5.74, 6) is -1.42. The van der Waals surface area contributed by atoms with E-state index < -0.39 is 12.0 Å². The number of rotatable bonds is 8. The van der Waals surface area contributed by atoms with Gasteiger partial charge in [-0.3, -0.25) is 4.79 Å². The van der Waals surface area contributed by atoms with Crippen LogP contribution in [0.2, 0.25) is 0 Å². The molecule has 0 saturated carbocycles. The summed E-state index contributed by atoms with van der Waals surface area (Å²) in [6, 6.07) is 9.16. The van der Waals surface area contributed by atoms with Crippen LogP contribution >= 0.6 is 11.3 Å². The standard InChI is InChI=1S/C18H22N2O3S/c1-3-12(2)17(18(22)23)20-15(21)10-14-11-24-16(19-14)9-13-7-5-4-6-8-13/h4-8,11-12,17H,3,9-10H2,1-2H3,(H,20,21)(H,22,23). The van der Waals surface area contributed by atoms with E-state index in [1.807, 2.05) is 49.6 Å². The first-order valence-electron chi connectivity index (χ1n) is 7.99. The molecule has 2 atom stereocenters. The Balaban J connectivity index is 1.93. The van der Waals surface area contributed by atoms with E-state index >= 15 is 0 Å². The second kappa shape index (κ2) is 8.59. The predicted octanol–water partition coefficient (Wildman–Crippen LogP) is 2.89. The molecule has 1 aromatic heterocycles. The van der Waals surface area contributed by atoms with E-state index in [1.54, 1.807) is 0 Å². The molecule has 0 aliphatic heterocycles. The molecule has 0 spiro atoms. The first-order chi connectivity index (χ1) is 11.5. The number of carboxylic acid groups (broad SMARTS) is 1. The lowest BCUT2D eigenvalue weighted by atomic mass is 9.99. The fourth-order valence-corrected chi connectivity index (χ4v) is 3.18. The third-order valence-electron chi connectivity index (χ3n) is 3.93. The number of carboxylic acids is 1. The predicted molar refractivity (Wildman–Crippen MR) is 94.1 cm³/mol. The molecular formula is C18H22N2O3S. The summed E-state index contributed by atoms with van der Waals surface area (Å²) in [7, 11) is 0. The van der Waals surface area contributed by atoms with Crippen LogP contribution < -0.4 is 5.32 Å². The molecular weight excluding hydrogens is 324 g/mol. The molecule has 0 radical (unpaired) electrons. The quantitative estimate of drug-likeness (QED) is 0.770. The topological polar surface area (TPSA) is 79.3 Å². The molecule has 2 rings (SSSR count). The minimum absolute atomic E-state index is 0.103. The number of hydrogen-bond donors (Lipinski definition) is 2. The van der Waals surface area contributed by atoms with Gasteiger partial charge in [0.05, 0.1) is 17.1 Å². The zero-order chi connectivity index (χ0) is 17.5. The van der Waals surface area contributed by atoms with E-state index in [9.17, 15) is 14.7 Å². The summed E-state index contributed by atoms with van der Waals surface area (Å²) in [5, 5.41) is 14.6. The second-order valence-corrected chi connectivity index (χ2v) is 6.78. The lowest BCUT2D eigenvalue weighted by Gasteiger charge is -2.19. The Hall–Kier alpha value is -2.21. The zero-order valence-corrected chi connectivity index (χ0v) is 14.7. The highest BCUT2D eigenvalue weighted by Gasteiger charge is 2.25. The van der Waals surface area contributed by atoms with Crippen LogP contribution in [0.5, 0.6) is 0 Å². The molecule has 0 aliphatic carbocycles. The minimum atomic E-state index is -0.999. The van der Waals surface area contributed by atoms with Gasteiger partial charge in [-0.25, -0.2) is 9.78 Å². The lowest BCUT2D eigenvalue weighted by Crippen LogP contribution is -2.45. The molecule has 0 aliphatic rings. The Morgan fingerprint density at radius 3 is 2.62 bits per heavy atom. The Morgan fingerprint density at radius 1 is 1.29 bits per heavy atom. The molecule has 0 fully saturated rings. The molecule has 24 heavy (non-hydrogen) atoms. The highest BCUT2D eigenvalue weighted by molar-refractivity contribution is 7.09. The molecule has 5 nitrogen and oxygen atoms in total. The maximum absolute atomic E-state index is 12.1. The van der Waals surface area contributed by atoms with Crippen molar-refractivity contribution in [2.24, 2.45) is 5.92 Å². The third-order valence-corrected chi connectivity index (χ3v) is 4.83. The summed E-state index contributed by atoms with van der Waals surface area (Å²) in [6.45, 7) is 3.73. The highest BCUT2D eigenvalue weighted by Crippen LogP contribution is 2.15. The van der Waals surface area contributed by atoms with Crippen LogP contribution in [0, 0.1) is 5.92 Å². The van der Waals surface area contributed by atoms with Gasteiger partial charge in [-0.15, -0.1) is 11.3 Å². The van der Waals surface area contributed by atoms with E-state index in [-0.39, 0.29) is 18.2 Å². The van der Waals surface area contributed by atoms with Gasteiger partial charge in [0, 0.05) is 11.8 Å². The van der Waals surface area contributed by atoms with Crippen LogP contribution in [-0.4, -0.2) is 28.0 Å². The smallest absolute Gasteiger partial charge is 0.326 e. The van der Waals surface area contributed by atoms with Gasteiger partial charge in [0.25, 0.3) is 0 Å². The van der Waals surface area contributed by atoms with Crippen molar-refractivity contribution >= 4 is 23.2 Å². The first-order valence-corrected chi connectivity index (χ1v) is 8.87. The van der Waals surface area contributed by atoms with Crippen molar-refractivity contribution in [1.29, 1.82) is 0 Å². The number of carbonyl (C=O) groups is 2. The average Bonchev–Trinajstić information content (AvgIpc) is 2.99. The highest BCUT2D eigenvalue weighted by atomic mass is 32.1. The van der Waals surface area contributed by atoms with Crippen LogP contribution in [0.15, 0.2) is 35.7 Å². The molecule has 2 aromatic rings. The Bertz CT molecular complexity index is 685. The van der Waals surface area contributed by atoms with E-state index in [4.69, 9.17) is 0 Å². The molecule has 6 heteroatoms. The van der Waals surface area contributed by atoms with Crippen LogP contribution in [0.1, 0.15) is 36.5 Å². The van der Waals surface area contributed by atoms with E-state index in [1.165, 1.54) is 16.9 Å². The van der Waals surface area contributed by atoms with Crippen molar-refractivity contribution < 1.29 is 14.7 Å². The van der Waals surface area contributed by atoms with Crippen molar-refractivity contribution in [3.63, 3.8) is 0 Å². The Kier molecular flexibility index (Phi) is 6.49. The second-order valence-electron chi connectivity index (χ2n) is 5.84. The molecule has 1 heterocycles. The van der Waals surface area contributed by atoms with Crippen molar-refractivity contribution in [3.05, 3.63) is 52.0 Å². The molecule has 2 unspecified atom stereocenters. The fraction of sp³-hybridized carbons (Fsp3) is 0.389. The molecule has 1 aromatic carbocycles. The maximum atomic E-state index is 12.1. The molecule has 1 amide bonds. The number of hydrogen-bond acceptors (Lipinski definition) is 4. The van der Waals surface area contributed by atoms with Gasteiger partial charge in [-0.1, -0.05) is 50.6 Å². The van der Waals surface area contributed by atoms with Crippen LogP contribution in [0.3, 0.4) is 0 Å². The summed E-state index contributed by atoms with van der Waals surface area (Å²) in [5.41, 5.74) is 1.85. The molecule has 0 bridgehead atoms. The van der Waals surface area contributed by atoms with Gasteiger partial charge in [0.2, 0.25) is 5.91 Å². The van der Waals surface area contributed by atoms with Crippen LogP contribution in [-0.2, 0) is 22.4 Å². The number of aromatic nitrogens is 1. The van der Waals surface area contributed by atoms with Gasteiger partial charge in [-0.05, 0) is 11.5 Å². The monoisotopic (exact) mass is 346 g/mol. The average molecular weight is 346 g/mol. The van der Waals surface area contributed by atoms with Gasteiger partial charge in [0.1, 0.15) is 6.04 Å². The lowest BCUT2D eigenvalue weighted by molar-refractivity contribution is -0.143. The number of carbonyl (C=O) groups excluding carboxylic acids is 1. The van der Waals surface area contributed by atoms with E-state index in [0.29, 0.717) is 12.1 Å². The number of aliphatic carboxylic acids is 1. The maximum Gasteiger partial charge on any atom is 0.326 e. The minimum Gasteiger partial charge on any atom is -0.480 e. The number of nitrogens with one attached hydrogen (secondary N) is 1. The van der Waals surface area contributed by atoms with Crippen LogP contribution in [0.25, 0.3) is 0 Å². The SMILES string of the molecule is CCC(C)C(NC(=O)Cc1csc(Cc2ccccc2)n1)C(=O)O.